The van der Waals surface area contributed by atoms with Gasteiger partial charge in [-0.3, -0.25) is 5.21 Å². The maximum atomic E-state index is 10.2. The third kappa shape index (κ3) is 3.93. The molecule has 5 heteroatoms. The molecule has 0 atom stereocenters. The van der Waals surface area contributed by atoms with E-state index in [0.717, 1.165) is 19.6 Å². The van der Waals surface area contributed by atoms with Crippen molar-refractivity contribution in [2.45, 2.75) is 25.7 Å². The molecule has 1 amide bonds. The summed E-state index contributed by atoms with van der Waals surface area (Å²) in [6, 6.07) is 0. The normalized spacial score (nSPS) is 18.1. The van der Waals surface area contributed by atoms with Gasteiger partial charge in [0.05, 0.1) is 6.54 Å². The van der Waals surface area contributed by atoms with Crippen LogP contribution in [0, 0.1) is 0 Å². The molecule has 0 aromatic rings. The third-order valence-corrected chi connectivity index (χ3v) is 2.51. The van der Waals surface area contributed by atoms with Gasteiger partial charge in [-0.25, -0.2) is 4.79 Å². The summed E-state index contributed by atoms with van der Waals surface area (Å²) in [5, 5.41) is 17.6. The third-order valence-electron chi connectivity index (χ3n) is 2.51. The summed E-state index contributed by atoms with van der Waals surface area (Å²) in [5.74, 6) is 0. The molecule has 0 bridgehead atoms. The van der Waals surface area contributed by atoms with Crippen molar-refractivity contribution in [3.63, 3.8) is 0 Å². The number of likely N-dealkylation sites (tertiary alicyclic amines) is 1. The van der Waals surface area contributed by atoms with Crippen LogP contribution in [0.1, 0.15) is 25.7 Å². The van der Waals surface area contributed by atoms with Gasteiger partial charge in [0.2, 0.25) is 0 Å². The molecule has 5 nitrogen and oxygen atoms in total. The highest BCUT2D eigenvalue weighted by atomic mass is 16.6. The molecule has 1 heterocycles. The molecule has 0 aromatic carbocycles. The van der Waals surface area contributed by atoms with Crippen LogP contribution in [0.3, 0.4) is 0 Å². The fourth-order valence-electron chi connectivity index (χ4n) is 1.72. The number of rotatable bonds is 4. The van der Waals surface area contributed by atoms with E-state index in [1.54, 1.807) is 0 Å². The van der Waals surface area contributed by atoms with E-state index in [1.165, 1.54) is 19.3 Å². The summed E-state index contributed by atoms with van der Waals surface area (Å²) in [5.41, 5.74) is 0. The lowest BCUT2D eigenvalue weighted by Gasteiger charge is -2.26. The molecule has 0 saturated carbocycles. The standard InChI is InChI=1S/C9H18N2O3/c12-9(13)11(14)8-4-7-10-5-2-1-3-6-10/h14H,1-8H2,(H,12,13). The van der Waals surface area contributed by atoms with Crippen LogP contribution in [-0.2, 0) is 0 Å². The molecule has 1 aliphatic heterocycles. The number of hydrogen-bond acceptors (Lipinski definition) is 3. The largest absolute Gasteiger partial charge is 0.463 e. The summed E-state index contributed by atoms with van der Waals surface area (Å²) in [7, 11) is 0. The predicted octanol–water partition coefficient (Wildman–Crippen LogP) is 1.23. The van der Waals surface area contributed by atoms with Crippen LogP contribution < -0.4 is 0 Å². The van der Waals surface area contributed by atoms with Crippen molar-refractivity contribution < 1.29 is 15.1 Å². The van der Waals surface area contributed by atoms with Gasteiger partial charge in [0.25, 0.3) is 0 Å². The molecule has 0 unspecified atom stereocenters. The van der Waals surface area contributed by atoms with E-state index >= 15 is 0 Å². The van der Waals surface area contributed by atoms with E-state index in [0.29, 0.717) is 11.5 Å². The van der Waals surface area contributed by atoms with Gasteiger partial charge in [-0.2, -0.15) is 5.06 Å². The summed E-state index contributed by atoms with van der Waals surface area (Å²) >= 11 is 0. The number of piperidine rings is 1. The molecule has 1 saturated heterocycles. The number of hydrogen-bond donors (Lipinski definition) is 2. The summed E-state index contributed by atoms with van der Waals surface area (Å²) in [4.78, 5) is 12.6. The second-order valence-corrected chi connectivity index (χ2v) is 3.66. The Morgan fingerprint density at radius 1 is 1.29 bits per heavy atom. The van der Waals surface area contributed by atoms with Gasteiger partial charge in [0, 0.05) is 0 Å². The monoisotopic (exact) mass is 202 g/mol. The number of carboxylic acid groups (broad SMARTS) is 1. The summed E-state index contributed by atoms with van der Waals surface area (Å²) in [6.07, 6.45) is 3.20. The molecular formula is C9H18N2O3. The summed E-state index contributed by atoms with van der Waals surface area (Å²) in [6.45, 7) is 3.30. The van der Waals surface area contributed by atoms with Crippen LogP contribution in [0.15, 0.2) is 0 Å². The van der Waals surface area contributed by atoms with Gasteiger partial charge < -0.3 is 10.0 Å². The Bertz CT molecular complexity index is 181. The van der Waals surface area contributed by atoms with E-state index in [-0.39, 0.29) is 6.54 Å². The number of hydroxylamine groups is 2. The smallest absolute Gasteiger partial charge is 0.431 e. The first kappa shape index (κ1) is 11.3. The highest BCUT2D eigenvalue weighted by Gasteiger charge is 2.11. The topological polar surface area (TPSA) is 64.0 Å². The molecule has 1 rings (SSSR count). The Kier molecular flexibility index (Phi) is 4.69. The molecule has 2 N–H and O–H groups in total. The Morgan fingerprint density at radius 3 is 2.50 bits per heavy atom. The highest BCUT2D eigenvalue weighted by Crippen LogP contribution is 2.08. The van der Waals surface area contributed by atoms with Crippen molar-refractivity contribution in [2.75, 3.05) is 26.2 Å². The molecule has 0 aliphatic carbocycles. The fraction of sp³-hybridized carbons (Fsp3) is 0.889. The van der Waals surface area contributed by atoms with Crippen LogP contribution in [-0.4, -0.2) is 52.5 Å². The predicted molar refractivity (Wildman–Crippen MR) is 51.4 cm³/mol. The lowest BCUT2D eigenvalue weighted by atomic mass is 10.1. The molecule has 1 aliphatic rings. The van der Waals surface area contributed by atoms with Gasteiger partial charge in [-0.05, 0) is 38.9 Å². The van der Waals surface area contributed by atoms with E-state index in [1.807, 2.05) is 0 Å². The quantitative estimate of drug-likeness (QED) is 0.531. The van der Waals surface area contributed by atoms with Gasteiger partial charge in [-0.1, -0.05) is 6.42 Å². The van der Waals surface area contributed by atoms with Crippen LogP contribution in [0.5, 0.6) is 0 Å². The lowest BCUT2D eigenvalue weighted by molar-refractivity contribution is -0.0654. The zero-order chi connectivity index (χ0) is 10.4. The Morgan fingerprint density at radius 2 is 1.93 bits per heavy atom. The molecule has 0 radical (unpaired) electrons. The maximum Gasteiger partial charge on any atom is 0.431 e. The average molecular weight is 202 g/mol. The zero-order valence-corrected chi connectivity index (χ0v) is 8.35. The second-order valence-electron chi connectivity index (χ2n) is 3.66. The first-order chi connectivity index (χ1) is 6.70. The van der Waals surface area contributed by atoms with E-state index in [2.05, 4.69) is 4.90 Å². The summed E-state index contributed by atoms with van der Waals surface area (Å²) < 4.78 is 0. The SMILES string of the molecule is O=C(O)N(O)CCCN1CCCCC1. The van der Waals surface area contributed by atoms with E-state index < -0.39 is 6.09 Å². The van der Waals surface area contributed by atoms with Crippen molar-refractivity contribution in [2.24, 2.45) is 0 Å². The number of nitrogens with zero attached hydrogens (tertiary/aromatic N) is 2. The molecule has 14 heavy (non-hydrogen) atoms. The van der Waals surface area contributed by atoms with Gasteiger partial charge in [0.15, 0.2) is 0 Å². The average Bonchev–Trinajstić information content (AvgIpc) is 2.19. The van der Waals surface area contributed by atoms with Crippen LogP contribution in [0.4, 0.5) is 4.79 Å². The van der Waals surface area contributed by atoms with Crippen molar-refractivity contribution in [1.29, 1.82) is 0 Å². The number of amides is 1. The minimum absolute atomic E-state index is 0.200. The fourth-order valence-corrected chi connectivity index (χ4v) is 1.72. The van der Waals surface area contributed by atoms with Crippen molar-refractivity contribution in [1.82, 2.24) is 9.96 Å². The van der Waals surface area contributed by atoms with Gasteiger partial charge in [-0.15, -0.1) is 0 Å². The Balaban J connectivity index is 2.05. The van der Waals surface area contributed by atoms with E-state index in [9.17, 15) is 4.79 Å². The lowest BCUT2D eigenvalue weighted by Crippen LogP contribution is -2.33. The van der Waals surface area contributed by atoms with Gasteiger partial charge in [0.1, 0.15) is 0 Å². The number of carbonyl (C=O) groups is 1. The van der Waals surface area contributed by atoms with Crippen LogP contribution in [0.2, 0.25) is 0 Å². The highest BCUT2D eigenvalue weighted by molar-refractivity contribution is 5.63. The van der Waals surface area contributed by atoms with Crippen molar-refractivity contribution in [3.05, 3.63) is 0 Å². The molecule has 0 spiro atoms. The van der Waals surface area contributed by atoms with Gasteiger partial charge >= 0.3 is 6.09 Å². The molecule has 1 fully saturated rings. The van der Waals surface area contributed by atoms with Crippen molar-refractivity contribution >= 4 is 6.09 Å². The zero-order valence-electron chi connectivity index (χ0n) is 8.35. The first-order valence-corrected chi connectivity index (χ1v) is 5.12. The second kappa shape index (κ2) is 5.82. The Hall–Kier alpha value is -0.810. The van der Waals surface area contributed by atoms with Crippen LogP contribution in [0.25, 0.3) is 0 Å². The Labute approximate surface area is 83.9 Å². The first-order valence-electron chi connectivity index (χ1n) is 5.12. The van der Waals surface area contributed by atoms with Crippen molar-refractivity contribution in [3.8, 4) is 0 Å². The minimum atomic E-state index is -1.27. The molecule has 82 valence electrons. The van der Waals surface area contributed by atoms with Crippen LogP contribution >= 0.6 is 0 Å². The molecular weight excluding hydrogens is 184 g/mol. The van der Waals surface area contributed by atoms with E-state index in [4.69, 9.17) is 10.3 Å². The molecule has 0 aromatic heterocycles. The maximum absolute atomic E-state index is 10.2. The minimum Gasteiger partial charge on any atom is -0.463 e.